The van der Waals surface area contributed by atoms with Crippen molar-refractivity contribution in [3.05, 3.63) is 0 Å². The summed E-state index contributed by atoms with van der Waals surface area (Å²) in [6, 6.07) is 0.0752. The maximum atomic E-state index is 11.8. The highest BCUT2D eigenvalue weighted by Gasteiger charge is 2.30. The van der Waals surface area contributed by atoms with E-state index in [2.05, 4.69) is 0 Å². The summed E-state index contributed by atoms with van der Waals surface area (Å²) in [5.74, 6) is 0.0799. The van der Waals surface area contributed by atoms with Gasteiger partial charge < -0.3 is 19.6 Å². The zero-order valence-corrected chi connectivity index (χ0v) is 10.5. The van der Waals surface area contributed by atoms with Gasteiger partial charge in [0, 0.05) is 19.5 Å². The summed E-state index contributed by atoms with van der Waals surface area (Å²) < 4.78 is 5.23. The van der Waals surface area contributed by atoms with Crippen LogP contribution in [-0.4, -0.2) is 66.9 Å². The molecule has 0 aromatic heterocycles. The molecule has 5 nitrogen and oxygen atoms in total. The summed E-state index contributed by atoms with van der Waals surface area (Å²) in [6.07, 6.45) is 0.541. The molecule has 0 saturated carbocycles. The molecule has 94 valence electrons. The maximum Gasteiger partial charge on any atom is 0.236 e. The van der Waals surface area contributed by atoms with E-state index in [1.165, 1.54) is 0 Å². The standard InChI is InChI=1S/C11H22N2O3/c1-8-5-9(6-11(15)16-8)13(4)10(14)7-12(2)3/h8-9,11,15H,5-7H2,1-4H3. The van der Waals surface area contributed by atoms with E-state index in [0.29, 0.717) is 13.0 Å². The lowest BCUT2D eigenvalue weighted by molar-refractivity contribution is -0.176. The molecule has 0 aromatic rings. The Kier molecular flexibility index (Phi) is 4.70. The number of nitrogens with zero attached hydrogens (tertiary/aromatic N) is 2. The minimum atomic E-state index is -0.747. The van der Waals surface area contributed by atoms with Crippen molar-refractivity contribution in [1.82, 2.24) is 9.80 Å². The van der Waals surface area contributed by atoms with Crippen LogP contribution in [0, 0.1) is 0 Å². The van der Waals surface area contributed by atoms with Gasteiger partial charge in [0.25, 0.3) is 0 Å². The Morgan fingerprint density at radius 1 is 1.38 bits per heavy atom. The van der Waals surface area contributed by atoms with Gasteiger partial charge >= 0.3 is 0 Å². The molecule has 0 radical (unpaired) electrons. The van der Waals surface area contributed by atoms with Gasteiger partial charge in [0.05, 0.1) is 12.6 Å². The SMILES string of the molecule is CC1CC(N(C)C(=O)CN(C)C)CC(O)O1. The van der Waals surface area contributed by atoms with Gasteiger partial charge in [0.1, 0.15) is 0 Å². The summed E-state index contributed by atoms with van der Waals surface area (Å²) >= 11 is 0. The van der Waals surface area contributed by atoms with E-state index in [9.17, 15) is 9.90 Å². The normalized spacial score (nSPS) is 30.5. The number of ether oxygens (including phenoxy) is 1. The Morgan fingerprint density at radius 3 is 2.50 bits per heavy atom. The largest absolute Gasteiger partial charge is 0.368 e. The van der Waals surface area contributed by atoms with Crippen LogP contribution >= 0.6 is 0 Å². The van der Waals surface area contributed by atoms with Crippen LogP contribution in [0.2, 0.25) is 0 Å². The van der Waals surface area contributed by atoms with Gasteiger partial charge in [-0.2, -0.15) is 0 Å². The number of carbonyl (C=O) groups excluding carboxylic acids is 1. The molecule has 0 aromatic carbocycles. The van der Waals surface area contributed by atoms with Crippen LogP contribution in [0.5, 0.6) is 0 Å². The lowest BCUT2D eigenvalue weighted by Gasteiger charge is -2.37. The van der Waals surface area contributed by atoms with Gasteiger partial charge in [-0.15, -0.1) is 0 Å². The van der Waals surface area contributed by atoms with Crippen LogP contribution in [0.3, 0.4) is 0 Å². The molecule has 1 aliphatic rings. The molecular weight excluding hydrogens is 208 g/mol. The van der Waals surface area contributed by atoms with Gasteiger partial charge in [-0.1, -0.05) is 0 Å². The number of aliphatic hydroxyl groups excluding tert-OH is 1. The van der Waals surface area contributed by atoms with Crippen molar-refractivity contribution in [2.45, 2.75) is 38.2 Å². The van der Waals surface area contributed by atoms with Crippen LogP contribution in [-0.2, 0) is 9.53 Å². The second-order valence-corrected chi connectivity index (χ2v) is 4.77. The summed E-state index contributed by atoms with van der Waals surface area (Å²) in [5.41, 5.74) is 0. The van der Waals surface area contributed by atoms with Gasteiger partial charge in [0.15, 0.2) is 6.29 Å². The zero-order valence-electron chi connectivity index (χ0n) is 10.5. The van der Waals surface area contributed by atoms with Gasteiger partial charge in [0.2, 0.25) is 5.91 Å². The molecule has 1 fully saturated rings. The van der Waals surface area contributed by atoms with Crippen LogP contribution in [0.4, 0.5) is 0 Å². The fourth-order valence-electron chi connectivity index (χ4n) is 1.99. The Hall–Kier alpha value is -0.650. The van der Waals surface area contributed by atoms with Crippen LogP contribution < -0.4 is 0 Å². The van der Waals surface area contributed by atoms with Gasteiger partial charge in [-0.3, -0.25) is 4.79 Å². The van der Waals surface area contributed by atoms with Gasteiger partial charge in [-0.05, 0) is 27.4 Å². The summed E-state index contributed by atoms with van der Waals surface area (Å²) in [5, 5.41) is 9.49. The van der Waals surface area contributed by atoms with Crippen LogP contribution in [0.25, 0.3) is 0 Å². The molecule has 0 aliphatic carbocycles. The van der Waals surface area contributed by atoms with E-state index in [1.807, 2.05) is 25.9 Å². The molecule has 1 rings (SSSR count). The minimum absolute atomic E-state index is 0.00311. The molecule has 1 saturated heterocycles. The smallest absolute Gasteiger partial charge is 0.236 e. The Morgan fingerprint density at radius 2 is 2.00 bits per heavy atom. The zero-order chi connectivity index (χ0) is 12.3. The van der Waals surface area contributed by atoms with E-state index in [4.69, 9.17) is 4.74 Å². The Labute approximate surface area is 97.0 Å². The molecule has 1 N–H and O–H groups in total. The number of hydrogen-bond acceptors (Lipinski definition) is 4. The number of hydrogen-bond donors (Lipinski definition) is 1. The molecule has 0 bridgehead atoms. The van der Waals surface area contributed by atoms with Crippen molar-refractivity contribution < 1.29 is 14.6 Å². The summed E-state index contributed by atoms with van der Waals surface area (Å²) in [6.45, 7) is 2.32. The lowest BCUT2D eigenvalue weighted by Crippen LogP contribution is -2.47. The fraction of sp³-hybridized carbons (Fsp3) is 0.909. The number of amides is 1. The highest BCUT2D eigenvalue weighted by Crippen LogP contribution is 2.21. The van der Waals surface area contributed by atoms with E-state index in [-0.39, 0.29) is 18.1 Å². The predicted molar refractivity (Wildman–Crippen MR) is 60.9 cm³/mol. The second kappa shape index (κ2) is 5.61. The third-order valence-electron chi connectivity index (χ3n) is 2.86. The first kappa shape index (κ1) is 13.4. The quantitative estimate of drug-likeness (QED) is 0.735. The average Bonchev–Trinajstić information content (AvgIpc) is 2.13. The number of rotatable bonds is 3. The topological polar surface area (TPSA) is 53.0 Å². The molecule has 1 amide bonds. The molecule has 0 spiro atoms. The van der Waals surface area contributed by atoms with Crippen molar-refractivity contribution in [3.63, 3.8) is 0 Å². The van der Waals surface area contributed by atoms with E-state index >= 15 is 0 Å². The molecular formula is C11H22N2O3. The van der Waals surface area contributed by atoms with Crippen molar-refractivity contribution in [2.24, 2.45) is 0 Å². The third kappa shape index (κ3) is 3.73. The van der Waals surface area contributed by atoms with E-state index in [1.54, 1.807) is 11.9 Å². The molecule has 5 heteroatoms. The number of likely N-dealkylation sites (N-methyl/N-ethyl adjacent to an activating group) is 2. The van der Waals surface area contributed by atoms with E-state index in [0.717, 1.165) is 6.42 Å². The third-order valence-corrected chi connectivity index (χ3v) is 2.86. The second-order valence-electron chi connectivity index (χ2n) is 4.77. The molecule has 1 aliphatic heterocycles. The Balaban J connectivity index is 2.52. The molecule has 3 unspecified atom stereocenters. The van der Waals surface area contributed by atoms with Crippen molar-refractivity contribution in [3.8, 4) is 0 Å². The van der Waals surface area contributed by atoms with Crippen molar-refractivity contribution in [2.75, 3.05) is 27.7 Å². The first-order valence-corrected chi connectivity index (χ1v) is 5.64. The minimum Gasteiger partial charge on any atom is -0.368 e. The number of carbonyl (C=O) groups is 1. The highest BCUT2D eigenvalue weighted by molar-refractivity contribution is 5.78. The molecule has 3 atom stereocenters. The lowest BCUT2D eigenvalue weighted by atomic mass is 10.0. The Bertz CT molecular complexity index is 235. The number of aliphatic hydroxyl groups is 1. The van der Waals surface area contributed by atoms with Gasteiger partial charge in [-0.25, -0.2) is 0 Å². The predicted octanol–water partition coefficient (Wildman–Crippen LogP) is -0.108. The average molecular weight is 230 g/mol. The highest BCUT2D eigenvalue weighted by atomic mass is 16.6. The molecule has 1 heterocycles. The monoisotopic (exact) mass is 230 g/mol. The van der Waals surface area contributed by atoms with Crippen LogP contribution in [0.15, 0.2) is 0 Å². The molecule has 16 heavy (non-hydrogen) atoms. The first-order valence-electron chi connectivity index (χ1n) is 5.64. The fourth-order valence-corrected chi connectivity index (χ4v) is 1.99. The first-order chi connectivity index (χ1) is 7.40. The van der Waals surface area contributed by atoms with E-state index < -0.39 is 6.29 Å². The summed E-state index contributed by atoms with van der Waals surface area (Å²) in [4.78, 5) is 15.4. The summed E-state index contributed by atoms with van der Waals surface area (Å²) in [7, 11) is 5.53. The van der Waals surface area contributed by atoms with Crippen LogP contribution in [0.1, 0.15) is 19.8 Å². The van der Waals surface area contributed by atoms with Crippen molar-refractivity contribution >= 4 is 5.91 Å². The maximum absolute atomic E-state index is 11.8. The van der Waals surface area contributed by atoms with Crippen molar-refractivity contribution in [1.29, 1.82) is 0 Å².